The van der Waals surface area contributed by atoms with Crippen LogP contribution in [0.25, 0.3) is 16.7 Å². The largest absolute Gasteiger partial charge is 0.453 e. The summed E-state index contributed by atoms with van der Waals surface area (Å²) in [5.74, 6) is -2.23. The zero-order valence-electron chi connectivity index (χ0n) is 22.2. The van der Waals surface area contributed by atoms with Crippen LogP contribution in [0.3, 0.4) is 0 Å². The van der Waals surface area contributed by atoms with Gasteiger partial charge in [0.1, 0.15) is 5.82 Å². The Morgan fingerprint density at radius 2 is 1.95 bits per heavy atom. The van der Waals surface area contributed by atoms with Crippen molar-refractivity contribution < 1.29 is 27.9 Å². The van der Waals surface area contributed by atoms with E-state index in [4.69, 9.17) is 11.6 Å². The number of ether oxygens (including phenoxy) is 1. The molecule has 0 aliphatic carbocycles. The summed E-state index contributed by atoms with van der Waals surface area (Å²) in [5.41, 5.74) is 3.03. The van der Waals surface area contributed by atoms with Gasteiger partial charge in [-0.3, -0.25) is 19.9 Å². The predicted molar refractivity (Wildman–Crippen MR) is 151 cm³/mol. The Hall–Kier alpha value is -4.31. The third-order valence-corrected chi connectivity index (χ3v) is 7.53. The lowest BCUT2D eigenvalue weighted by Gasteiger charge is -2.34. The maximum atomic E-state index is 14.7. The predicted octanol–water partition coefficient (Wildman–Crippen LogP) is 6.73. The number of nitrogens with one attached hydrogen (secondary N) is 2. The van der Waals surface area contributed by atoms with Crippen molar-refractivity contribution in [2.75, 3.05) is 24.3 Å². The van der Waals surface area contributed by atoms with Crippen molar-refractivity contribution in [3.63, 3.8) is 0 Å². The molecule has 1 aromatic heterocycles. The van der Waals surface area contributed by atoms with E-state index in [0.717, 1.165) is 17.7 Å². The molecule has 0 fully saturated rings. The van der Waals surface area contributed by atoms with Gasteiger partial charge in [-0.25, -0.2) is 13.6 Å². The fourth-order valence-corrected chi connectivity index (χ4v) is 5.38. The highest BCUT2D eigenvalue weighted by atomic mass is 35.5. The first-order valence-corrected chi connectivity index (χ1v) is 13.5. The number of hydrogen-bond acceptors (Lipinski definition) is 5. The molecule has 3 amide bonds. The molecule has 8 nitrogen and oxygen atoms in total. The van der Waals surface area contributed by atoms with Crippen LogP contribution in [-0.2, 0) is 14.3 Å². The molecule has 41 heavy (non-hydrogen) atoms. The molecule has 3 heterocycles. The minimum Gasteiger partial charge on any atom is -0.453 e. The lowest BCUT2D eigenvalue weighted by Crippen LogP contribution is -2.38. The highest BCUT2D eigenvalue weighted by molar-refractivity contribution is 6.31. The number of anilines is 2. The molecule has 5 rings (SSSR count). The Morgan fingerprint density at radius 3 is 2.73 bits per heavy atom. The van der Waals surface area contributed by atoms with Crippen molar-refractivity contribution in [2.24, 2.45) is 0 Å². The van der Waals surface area contributed by atoms with Gasteiger partial charge in [-0.15, -0.1) is 0 Å². The number of methoxy groups -OCH3 is 1. The van der Waals surface area contributed by atoms with Crippen molar-refractivity contribution in [1.82, 2.24) is 9.88 Å². The normalized spacial score (nSPS) is 17.4. The minimum absolute atomic E-state index is 0.180. The van der Waals surface area contributed by atoms with Gasteiger partial charge in [0.2, 0.25) is 11.8 Å². The van der Waals surface area contributed by atoms with E-state index in [1.54, 1.807) is 35.4 Å². The monoisotopic (exact) mass is 580 g/mol. The Kier molecular flexibility index (Phi) is 8.30. The highest BCUT2D eigenvalue weighted by Gasteiger charge is 2.31. The van der Waals surface area contributed by atoms with Gasteiger partial charge in [0, 0.05) is 36.5 Å². The van der Waals surface area contributed by atoms with Crippen LogP contribution in [0.15, 0.2) is 54.7 Å². The molecule has 0 saturated heterocycles. The van der Waals surface area contributed by atoms with Crippen molar-refractivity contribution in [2.45, 2.75) is 38.1 Å². The number of nitrogens with zero attached hydrogens (tertiary/aromatic N) is 2. The fraction of sp³-hybridized carbons (Fsp3) is 0.267. The molecule has 2 aliphatic rings. The molecule has 2 N–H and O–H groups in total. The van der Waals surface area contributed by atoms with Gasteiger partial charge in [0.05, 0.1) is 35.1 Å². The molecule has 2 bridgehead atoms. The van der Waals surface area contributed by atoms with Gasteiger partial charge >= 0.3 is 6.09 Å². The van der Waals surface area contributed by atoms with Gasteiger partial charge in [-0.2, -0.15) is 0 Å². The average molecular weight is 581 g/mol. The molecule has 0 radical (unpaired) electrons. The van der Waals surface area contributed by atoms with E-state index in [1.807, 2.05) is 6.07 Å². The lowest BCUT2D eigenvalue weighted by atomic mass is 9.94. The zero-order valence-corrected chi connectivity index (χ0v) is 22.9. The molecule has 212 valence electrons. The summed E-state index contributed by atoms with van der Waals surface area (Å²) in [5, 5.41) is 5.33. The molecule has 11 heteroatoms. The van der Waals surface area contributed by atoms with Crippen LogP contribution >= 0.6 is 11.6 Å². The third-order valence-electron chi connectivity index (χ3n) is 7.23. The van der Waals surface area contributed by atoms with E-state index in [-0.39, 0.29) is 47.4 Å². The number of aromatic nitrogens is 1. The third kappa shape index (κ3) is 6.07. The standard InChI is InChI=1S/C30H27ClF2N4O4/c1-41-30(40)35-19-6-7-20-17-10-12-34-24(14-17)25(4-2-3-5-26(38)36-23(20)16-19)37-13-11-18(15-27(37)39)28-22(32)9-8-21(31)29(28)33/h6-10,12,14-16,25H,2-5,11,13H2,1H3,(H,35,40)(H,36,38)/t25-/m0/s1. The molecule has 0 spiro atoms. The summed E-state index contributed by atoms with van der Waals surface area (Å²) >= 11 is 5.88. The van der Waals surface area contributed by atoms with Gasteiger partial charge < -0.3 is 15.0 Å². The summed E-state index contributed by atoms with van der Waals surface area (Å²) in [6, 6.07) is 10.6. The van der Waals surface area contributed by atoms with Crippen LogP contribution in [0.4, 0.5) is 25.0 Å². The van der Waals surface area contributed by atoms with Gasteiger partial charge in [-0.05, 0) is 66.8 Å². The molecule has 1 atom stereocenters. The van der Waals surface area contributed by atoms with E-state index >= 15 is 0 Å². The molecule has 2 aromatic carbocycles. The molecule has 2 aliphatic heterocycles. The summed E-state index contributed by atoms with van der Waals surface area (Å²) < 4.78 is 33.9. The van der Waals surface area contributed by atoms with Crippen molar-refractivity contribution in [3.8, 4) is 11.1 Å². The van der Waals surface area contributed by atoms with E-state index in [1.165, 1.54) is 13.2 Å². The second-order valence-corrected chi connectivity index (χ2v) is 10.2. The Balaban J connectivity index is 1.50. The number of halogens is 3. The van der Waals surface area contributed by atoms with Crippen LogP contribution in [0.1, 0.15) is 49.4 Å². The maximum Gasteiger partial charge on any atom is 0.411 e. The first-order valence-electron chi connectivity index (χ1n) is 13.2. The van der Waals surface area contributed by atoms with Gasteiger partial charge in [0.25, 0.3) is 0 Å². The lowest BCUT2D eigenvalue weighted by molar-refractivity contribution is -0.129. The topological polar surface area (TPSA) is 101 Å². The van der Waals surface area contributed by atoms with E-state index in [0.29, 0.717) is 41.9 Å². The van der Waals surface area contributed by atoms with Crippen LogP contribution in [-0.4, -0.2) is 41.4 Å². The van der Waals surface area contributed by atoms with E-state index in [2.05, 4.69) is 20.4 Å². The van der Waals surface area contributed by atoms with Crippen LogP contribution in [0, 0.1) is 11.6 Å². The highest BCUT2D eigenvalue weighted by Crippen LogP contribution is 2.37. The van der Waals surface area contributed by atoms with Crippen LogP contribution in [0.5, 0.6) is 0 Å². The molecule has 3 aromatic rings. The second-order valence-electron chi connectivity index (χ2n) is 9.83. The summed E-state index contributed by atoms with van der Waals surface area (Å²) in [6.07, 6.45) is 4.51. The van der Waals surface area contributed by atoms with Crippen molar-refractivity contribution in [3.05, 3.63) is 82.7 Å². The van der Waals surface area contributed by atoms with Crippen LogP contribution in [0.2, 0.25) is 5.02 Å². The van der Waals surface area contributed by atoms with Crippen molar-refractivity contribution >= 4 is 46.5 Å². The first kappa shape index (κ1) is 28.2. The number of rotatable bonds is 3. The quantitative estimate of drug-likeness (QED) is 0.335. The minimum atomic E-state index is -0.888. The molecule has 0 saturated carbocycles. The number of carbonyl (C=O) groups is 3. The van der Waals surface area contributed by atoms with Crippen molar-refractivity contribution in [1.29, 1.82) is 0 Å². The molecular weight excluding hydrogens is 554 g/mol. The number of amides is 3. The Morgan fingerprint density at radius 1 is 1.12 bits per heavy atom. The maximum absolute atomic E-state index is 14.7. The number of fused-ring (bicyclic) bond motifs is 4. The molecule has 0 unspecified atom stereocenters. The first-order chi connectivity index (χ1) is 19.7. The number of benzene rings is 2. The molecular formula is C30H27ClF2N4O4. The summed E-state index contributed by atoms with van der Waals surface area (Å²) in [4.78, 5) is 44.1. The number of hydrogen-bond donors (Lipinski definition) is 2. The average Bonchev–Trinajstić information content (AvgIpc) is 2.95. The van der Waals surface area contributed by atoms with Crippen LogP contribution < -0.4 is 10.6 Å². The van der Waals surface area contributed by atoms with Gasteiger partial charge in [0.15, 0.2) is 5.82 Å². The number of carbonyl (C=O) groups excluding carboxylic acids is 3. The van der Waals surface area contributed by atoms with Gasteiger partial charge in [-0.1, -0.05) is 24.1 Å². The van der Waals surface area contributed by atoms with E-state index < -0.39 is 23.8 Å². The number of pyridine rings is 1. The Bertz CT molecular complexity index is 1560. The summed E-state index contributed by atoms with van der Waals surface area (Å²) in [7, 11) is 1.26. The summed E-state index contributed by atoms with van der Waals surface area (Å²) in [6.45, 7) is 0.228. The Labute approximate surface area is 240 Å². The SMILES string of the molecule is COC(=O)Nc1ccc2c(c1)NC(=O)CCCC[C@H](N1CCC(c3c(F)ccc(Cl)c3F)=CC1=O)c1cc-2ccn1. The van der Waals surface area contributed by atoms with E-state index in [9.17, 15) is 23.2 Å². The second kappa shape index (κ2) is 12.1. The smallest absolute Gasteiger partial charge is 0.411 e. The fourth-order valence-electron chi connectivity index (χ4n) is 5.23. The zero-order chi connectivity index (χ0) is 29.1.